The summed E-state index contributed by atoms with van der Waals surface area (Å²) >= 11 is 0. The topological polar surface area (TPSA) is 89.8 Å². The van der Waals surface area contributed by atoms with Gasteiger partial charge in [0.05, 0.1) is 5.56 Å². The Morgan fingerprint density at radius 2 is 2.30 bits per heavy atom. The van der Waals surface area contributed by atoms with Gasteiger partial charge in [0.1, 0.15) is 29.9 Å². The first-order valence-electron chi connectivity index (χ1n) is 7.67. The third-order valence-corrected chi connectivity index (χ3v) is 4.01. The molecule has 3 rings (SSSR count). The minimum Gasteiger partial charge on any atom is -0.373 e. The van der Waals surface area contributed by atoms with E-state index < -0.39 is 0 Å². The SMILES string of the molecule is CNc1cc(N2CCC[C@H]2CNc2ncccc2C#N)ncn1. The normalized spacial score (nSPS) is 16.9. The van der Waals surface area contributed by atoms with E-state index in [9.17, 15) is 0 Å². The van der Waals surface area contributed by atoms with E-state index in [0.29, 0.717) is 17.4 Å². The molecule has 1 saturated heterocycles. The highest BCUT2D eigenvalue weighted by molar-refractivity contribution is 5.53. The smallest absolute Gasteiger partial charge is 0.143 e. The first kappa shape index (κ1) is 15.0. The molecule has 2 aromatic rings. The van der Waals surface area contributed by atoms with Gasteiger partial charge in [-0.1, -0.05) is 0 Å². The zero-order valence-electron chi connectivity index (χ0n) is 13.0. The Kier molecular flexibility index (Phi) is 4.52. The van der Waals surface area contributed by atoms with Crippen molar-refractivity contribution in [2.75, 3.05) is 35.7 Å². The Morgan fingerprint density at radius 1 is 1.39 bits per heavy atom. The van der Waals surface area contributed by atoms with Crippen molar-refractivity contribution >= 4 is 17.5 Å². The van der Waals surface area contributed by atoms with Crippen LogP contribution in [-0.2, 0) is 0 Å². The van der Waals surface area contributed by atoms with Gasteiger partial charge < -0.3 is 15.5 Å². The van der Waals surface area contributed by atoms with Gasteiger partial charge in [-0.25, -0.2) is 15.0 Å². The Balaban J connectivity index is 1.71. The lowest BCUT2D eigenvalue weighted by molar-refractivity contribution is 0.689. The van der Waals surface area contributed by atoms with E-state index in [0.717, 1.165) is 37.6 Å². The van der Waals surface area contributed by atoms with Crippen molar-refractivity contribution < 1.29 is 0 Å². The molecule has 1 aliphatic rings. The summed E-state index contributed by atoms with van der Waals surface area (Å²) < 4.78 is 0. The molecule has 2 aromatic heterocycles. The quantitative estimate of drug-likeness (QED) is 0.871. The van der Waals surface area contributed by atoms with Crippen LogP contribution in [0.1, 0.15) is 18.4 Å². The van der Waals surface area contributed by atoms with Gasteiger partial charge in [0.15, 0.2) is 0 Å². The van der Waals surface area contributed by atoms with Crippen LogP contribution in [0.3, 0.4) is 0 Å². The second kappa shape index (κ2) is 6.92. The Bertz CT molecular complexity index is 710. The second-order valence-electron chi connectivity index (χ2n) is 5.39. The fraction of sp³-hybridized carbons (Fsp3) is 0.375. The van der Waals surface area contributed by atoms with Gasteiger partial charge in [-0.3, -0.25) is 0 Å². The van der Waals surface area contributed by atoms with Crippen LogP contribution in [0.5, 0.6) is 0 Å². The number of rotatable bonds is 5. The minimum atomic E-state index is 0.322. The van der Waals surface area contributed by atoms with Gasteiger partial charge in [-0.15, -0.1) is 0 Å². The highest BCUT2D eigenvalue weighted by atomic mass is 15.3. The zero-order chi connectivity index (χ0) is 16.1. The van der Waals surface area contributed by atoms with E-state index in [1.807, 2.05) is 13.1 Å². The molecule has 23 heavy (non-hydrogen) atoms. The van der Waals surface area contributed by atoms with Crippen molar-refractivity contribution in [3.05, 3.63) is 36.3 Å². The van der Waals surface area contributed by atoms with E-state index in [1.54, 1.807) is 24.7 Å². The van der Waals surface area contributed by atoms with E-state index in [-0.39, 0.29) is 0 Å². The van der Waals surface area contributed by atoms with Crippen molar-refractivity contribution in [1.29, 1.82) is 5.26 Å². The molecular weight excluding hydrogens is 290 g/mol. The molecular formula is C16H19N7. The summed E-state index contributed by atoms with van der Waals surface area (Å²) in [5, 5.41) is 15.5. The summed E-state index contributed by atoms with van der Waals surface area (Å²) in [6.45, 7) is 1.70. The van der Waals surface area contributed by atoms with Crippen LogP contribution >= 0.6 is 0 Å². The number of anilines is 3. The molecule has 0 unspecified atom stereocenters. The first-order valence-corrected chi connectivity index (χ1v) is 7.67. The monoisotopic (exact) mass is 309 g/mol. The maximum atomic E-state index is 9.13. The number of nitriles is 1. The molecule has 0 amide bonds. The number of hydrogen-bond acceptors (Lipinski definition) is 7. The van der Waals surface area contributed by atoms with Crippen LogP contribution in [0.4, 0.5) is 17.5 Å². The fourth-order valence-corrected chi connectivity index (χ4v) is 2.84. The van der Waals surface area contributed by atoms with Crippen LogP contribution < -0.4 is 15.5 Å². The van der Waals surface area contributed by atoms with Crippen LogP contribution in [-0.4, -0.2) is 41.1 Å². The molecule has 0 bridgehead atoms. The lowest BCUT2D eigenvalue weighted by Gasteiger charge is -2.26. The fourth-order valence-electron chi connectivity index (χ4n) is 2.84. The van der Waals surface area contributed by atoms with Gasteiger partial charge in [0, 0.05) is 38.4 Å². The molecule has 0 spiro atoms. The largest absolute Gasteiger partial charge is 0.373 e. The molecule has 0 saturated carbocycles. The molecule has 1 atom stereocenters. The Hall–Kier alpha value is -2.88. The molecule has 0 radical (unpaired) electrons. The van der Waals surface area contributed by atoms with Crippen LogP contribution in [0.2, 0.25) is 0 Å². The third kappa shape index (κ3) is 3.31. The van der Waals surface area contributed by atoms with E-state index in [1.165, 1.54) is 0 Å². The number of aromatic nitrogens is 3. The lowest BCUT2D eigenvalue weighted by atomic mass is 10.2. The molecule has 2 N–H and O–H groups in total. The zero-order valence-corrected chi connectivity index (χ0v) is 13.0. The molecule has 1 fully saturated rings. The molecule has 0 aromatic carbocycles. The van der Waals surface area contributed by atoms with Crippen molar-refractivity contribution in [3.63, 3.8) is 0 Å². The average Bonchev–Trinajstić information content (AvgIpc) is 3.08. The van der Waals surface area contributed by atoms with E-state index in [2.05, 4.69) is 36.6 Å². The maximum Gasteiger partial charge on any atom is 0.143 e. The second-order valence-corrected chi connectivity index (χ2v) is 5.39. The summed E-state index contributed by atoms with van der Waals surface area (Å²) in [7, 11) is 1.85. The maximum absolute atomic E-state index is 9.13. The first-order chi connectivity index (χ1) is 11.3. The summed E-state index contributed by atoms with van der Waals surface area (Å²) in [4.78, 5) is 15.1. The van der Waals surface area contributed by atoms with Crippen LogP contribution in [0, 0.1) is 11.3 Å². The van der Waals surface area contributed by atoms with E-state index in [4.69, 9.17) is 5.26 Å². The van der Waals surface area contributed by atoms with Gasteiger partial charge in [0.2, 0.25) is 0 Å². The molecule has 0 aliphatic carbocycles. The highest BCUT2D eigenvalue weighted by Gasteiger charge is 2.26. The van der Waals surface area contributed by atoms with Crippen molar-refractivity contribution in [1.82, 2.24) is 15.0 Å². The summed E-state index contributed by atoms with van der Waals surface area (Å²) in [5.41, 5.74) is 0.566. The van der Waals surface area contributed by atoms with Gasteiger partial charge in [0.25, 0.3) is 0 Å². The predicted octanol–water partition coefficient (Wildman–Crippen LogP) is 1.87. The standard InChI is InChI=1S/C16H19N7/c1-18-14-8-15(22-11-21-14)23-7-3-5-13(23)10-20-16-12(9-17)4-2-6-19-16/h2,4,6,8,11,13H,3,5,7,10H2,1H3,(H,19,20)(H,18,21,22)/t13-/m0/s1. The predicted molar refractivity (Wildman–Crippen MR) is 89.4 cm³/mol. The molecule has 7 nitrogen and oxygen atoms in total. The lowest BCUT2D eigenvalue weighted by Crippen LogP contribution is -2.35. The van der Waals surface area contributed by atoms with Gasteiger partial charge in [-0.2, -0.15) is 5.26 Å². The van der Waals surface area contributed by atoms with E-state index >= 15 is 0 Å². The highest BCUT2D eigenvalue weighted by Crippen LogP contribution is 2.25. The average molecular weight is 309 g/mol. The minimum absolute atomic E-state index is 0.322. The molecule has 118 valence electrons. The summed E-state index contributed by atoms with van der Waals surface area (Å²) in [6, 6.07) is 7.98. The van der Waals surface area contributed by atoms with Crippen LogP contribution in [0.15, 0.2) is 30.7 Å². The Morgan fingerprint density at radius 3 is 3.13 bits per heavy atom. The summed E-state index contributed by atoms with van der Waals surface area (Å²) in [6.07, 6.45) is 5.48. The Labute approximate surface area is 135 Å². The number of pyridine rings is 1. The van der Waals surface area contributed by atoms with Crippen LogP contribution in [0.25, 0.3) is 0 Å². The number of nitrogens with zero attached hydrogens (tertiary/aromatic N) is 5. The van der Waals surface area contributed by atoms with Gasteiger partial charge in [-0.05, 0) is 25.0 Å². The van der Waals surface area contributed by atoms with Crippen molar-refractivity contribution in [3.8, 4) is 6.07 Å². The number of hydrogen-bond donors (Lipinski definition) is 2. The summed E-state index contributed by atoms with van der Waals surface area (Å²) in [5.74, 6) is 2.38. The van der Waals surface area contributed by atoms with Crippen molar-refractivity contribution in [2.24, 2.45) is 0 Å². The molecule has 3 heterocycles. The molecule has 1 aliphatic heterocycles. The molecule has 7 heteroatoms. The number of nitrogens with one attached hydrogen (secondary N) is 2. The third-order valence-electron chi connectivity index (χ3n) is 4.01. The van der Waals surface area contributed by atoms with Gasteiger partial charge >= 0.3 is 0 Å². The van der Waals surface area contributed by atoms with Crippen molar-refractivity contribution in [2.45, 2.75) is 18.9 Å².